The lowest BCUT2D eigenvalue weighted by atomic mass is 9.82. The predicted octanol–water partition coefficient (Wildman–Crippen LogP) is 14.5. The maximum Gasteiger partial charge on any atom is 0.0649 e. The van der Waals surface area contributed by atoms with Crippen molar-refractivity contribution in [3.05, 3.63) is 234 Å². The first-order chi connectivity index (χ1) is 30.5. The molecule has 11 rings (SSSR count). The van der Waals surface area contributed by atoms with Crippen LogP contribution in [0.2, 0.25) is 0 Å². The van der Waals surface area contributed by atoms with Crippen LogP contribution in [0, 0.1) is 5.92 Å². The summed E-state index contributed by atoms with van der Waals surface area (Å²) in [4.78, 5) is 2.43. The van der Waals surface area contributed by atoms with Crippen LogP contribution in [-0.4, -0.2) is 4.57 Å². The van der Waals surface area contributed by atoms with Crippen LogP contribution in [0.3, 0.4) is 0 Å². The van der Waals surface area contributed by atoms with Crippen molar-refractivity contribution in [1.29, 1.82) is 0 Å². The summed E-state index contributed by atoms with van der Waals surface area (Å²) in [5.74, 6) is 0.350. The molecule has 0 bridgehead atoms. The summed E-state index contributed by atoms with van der Waals surface area (Å²) in [6.07, 6.45) is 11.7. The van der Waals surface area contributed by atoms with Crippen molar-refractivity contribution in [3.63, 3.8) is 0 Å². The molecule has 0 amide bonds. The van der Waals surface area contributed by atoms with E-state index in [1.165, 1.54) is 76.8 Å². The third-order valence-electron chi connectivity index (χ3n) is 13.2. The maximum absolute atomic E-state index is 2.61. The fraction of sp³-hybridized carbons (Fsp3) is 0.100. The van der Waals surface area contributed by atoms with Gasteiger partial charge in [0, 0.05) is 33.2 Å². The Balaban J connectivity index is 1.04. The minimum absolute atomic E-state index is 0.215. The van der Waals surface area contributed by atoms with Gasteiger partial charge in [0.05, 0.1) is 16.7 Å². The van der Waals surface area contributed by atoms with Gasteiger partial charge in [0.2, 0.25) is 0 Å². The van der Waals surface area contributed by atoms with E-state index in [1.807, 2.05) is 0 Å². The lowest BCUT2D eigenvalue weighted by Gasteiger charge is -2.31. The Kier molecular flexibility index (Phi) is 9.43. The molecule has 2 nitrogen and oxygen atoms in total. The molecule has 1 heterocycles. The maximum atomic E-state index is 2.61. The number of allylic oxidation sites excluding steroid dienone is 4. The van der Waals surface area contributed by atoms with E-state index >= 15 is 0 Å². The fourth-order valence-corrected chi connectivity index (χ4v) is 10.0. The van der Waals surface area contributed by atoms with Crippen LogP contribution in [0.1, 0.15) is 37.8 Å². The second kappa shape index (κ2) is 15.6. The largest absolute Gasteiger partial charge is 0.331 e. The van der Waals surface area contributed by atoms with Crippen LogP contribution < -0.4 is 15.3 Å². The van der Waals surface area contributed by atoms with E-state index in [0.29, 0.717) is 5.92 Å². The monoisotopic (exact) mass is 796 g/mol. The van der Waals surface area contributed by atoms with Gasteiger partial charge < -0.3 is 9.47 Å². The second-order valence-corrected chi connectivity index (χ2v) is 17.2. The molecule has 8 aromatic carbocycles. The number of hydrogen-bond donors (Lipinski definition) is 0. The van der Waals surface area contributed by atoms with Gasteiger partial charge in [0.15, 0.2) is 0 Å². The summed E-state index contributed by atoms with van der Waals surface area (Å²) in [6.45, 7) is 4.79. The van der Waals surface area contributed by atoms with Gasteiger partial charge in [-0.05, 0) is 118 Å². The molecular weight excluding hydrogens is 749 g/mol. The predicted molar refractivity (Wildman–Crippen MR) is 264 cm³/mol. The van der Waals surface area contributed by atoms with Gasteiger partial charge in [-0.1, -0.05) is 189 Å². The van der Waals surface area contributed by atoms with Crippen molar-refractivity contribution < 1.29 is 0 Å². The molecule has 62 heavy (non-hydrogen) atoms. The van der Waals surface area contributed by atoms with Crippen LogP contribution in [0.25, 0.3) is 67.4 Å². The van der Waals surface area contributed by atoms with Crippen molar-refractivity contribution in [2.75, 3.05) is 4.90 Å². The van der Waals surface area contributed by atoms with Gasteiger partial charge in [-0.2, -0.15) is 0 Å². The minimum Gasteiger partial charge on any atom is -0.331 e. The van der Waals surface area contributed by atoms with Crippen molar-refractivity contribution in [2.45, 2.75) is 32.2 Å². The molecule has 1 aromatic heterocycles. The highest BCUT2D eigenvalue weighted by Crippen LogP contribution is 2.46. The molecule has 2 heteroatoms. The quantitative estimate of drug-likeness (QED) is 0.149. The molecule has 2 aliphatic rings. The fourth-order valence-electron chi connectivity index (χ4n) is 10.0. The molecule has 0 saturated carbocycles. The van der Waals surface area contributed by atoms with Crippen LogP contribution in [0.4, 0.5) is 17.1 Å². The Bertz CT molecular complexity index is 3210. The van der Waals surface area contributed by atoms with Crippen LogP contribution in [-0.2, 0) is 5.54 Å². The van der Waals surface area contributed by atoms with Crippen LogP contribution >= 0.6 is 0 Å². The van der Waals surface area contributed by atoms with Crippen molar-refractivity contribution in [2.24, 2.45) is 5.92 Å². The Morgan fingerprint density at radius 3 is 1.74 bits per heavy atom. The molecule has 2 aliphatic carbocycles. The smallest absolute Gasteiger partial charge is 0.0649 e. The van der Waals surface area contributed by atoms with E-state index in [4.69, 9.17) is 0 Å². The summed E-state index contributed by atoms with van der Waals surface area (Å²) < 4.78 is 2.61. The van der Waals surface area contributed by atoms with Crippen molar-refractivity contribution >= 4 is 62.2 Å². The van der Waals surface area contributed by atoms with E-state index < -0.39 is 0 Å². The lowest BCUT2D eigenvalue weighted by Crippen LogP contribution is -2.38. The molecule has 0 fully saturated rings. The number of anilines is 3. The molecular formula is C60H48N2. The summed E-state index contributed by atoms with van der Waals surface area (Å²) in [5, 5.41) is 5.26. The van der Waals surface area contributed by atoms with E-state index in [2.05, 4.69) is 248 Å². The number of aromatic nitrogens is 1. The van der Waals surface area contributed by atoms with Gasteiger partial charge in [0.1, 0.15) is 0 Å². The third-order valence-corrected chi connectivity index (χ3v) is 13.2. The highest BCUT2D eigenvalue weighted by atomic mass is 15.1. The minimum atomic E-state index is -0.215. The zero-order valence-corrected chi connectivity index (χ0v) is 35.2. The third kappa shape index (κ3) is 6.60. The normalized spacial score (nSPS) is 17.1. The number of benzene rings is 8. The number of nitrogens with zero attached hydrogens (tertiary/aromatic N) is 2. The molecule has 2 atom stereocenters. The van der Waals surface area contributed by atoms with E-state index in [1.54, 1.807) is 0 Å². The van der Waals surface area contributed by atoms with Crippen LogP contribution in [0.15, 0.2) is 212 Å². The summed E-state index contributed by atoms with van der Waals surface area (Å²) in [6, 6.07) is 73.0. The number of rotatable bonds is 8. The summed E-state index contributed by atoms with van der Waals surface area (Å²) >= 11 is 0. The van der Waals surface area contributed by atoms with Gasteiger partial charge >= 0.3 is 0 Å². The number of hydrogen-bond acceptors (Lipinski definition) is 1. The molecule has 2 unspecified atom stereocenters. The number of fused-ring (bicyclic) bond motifs is 4. The zero-order chi connectivity index (χ0) is 41.6. The average Bonchev–Trinajstić information content (AvgIpc) is 3.69. The second-order valence-electron chi connectivity index (χ2n) is 17.2. The molecule has 0 radical (unpaired) electrons. The van der Waals surface area contributed by atoms with E-state index in [9.17, 15) is 0 Å². The topological polar surface area (TPSA) is 8.17 Å². The Morgan fingerprint density at radius 1 is 0.500 bits per heavy atom. The molecule has 9 aromatic rings. The Morgan fingerprint density at radius 2 is 1.05 bits per heavy atom. The van der Waals surface area contributed by atoms with Crippen molar-refractivity contribution in [3.8, 4) is 22.3 Å². The van der Waals surface area contributed by atoms with Gasteiger partial charge in [-0.25, -0.2) is 0 Å². The van der Waals surface area contributed by atoms with Crippen molar-refractivity contribution in [1.82, 2.24) is 4.57 Å². The summed E-state index contributed by atoms with van der Waals surface area (Å²) in [5.41, 5.74) is 15.7. The van der Waals surface area contributed by atoms with Gasteiger partial charge in [0.25, 0.3) is 0 Å². The van der Waals surface area contributed by atoms with Crippen LogP contribution in [0.5, 0.6) is 0 Å². The number of para-hydroxylation sites is 2. The molecule has 0 saturated heterocycles. The lowest BCUT2D eigenvalue weighted by molar-refractivity contribution is 0.479. The Hall–Kier alpha value is -7.42. The first-order valence-electron chi connectivity index (χ1n) is 22.0. The first-order valence-corrected chi connectivity index (χ1v) is 22.0. The zero-order valence-electron chi connectivity index (χ0n) is 35.2. The molecule has 0 aliphatic heterocycles. The highest BCUT2D eigenvalue weighted by Gasteiger charge is 2.30. The average molecular weight is 797 g/mol. The van der Waals surface area contributed by atoms with E-state index in [0.717, 1.165) is 29.9 Å². The summed E-state index contributed by atoms with van der Waals surface area (Å²) in [7, 11) is 0. The van der Waals surface area contributed by atoms with E-state index in [-0.39, 0.29) is 5.54 Å². The van der Waals surface area contributed by atoms with Gasteiger partial charge in [-0.15, -0.1) is 0 Å². The Labute approximate surface area is 364 Å². The highest BCUT2D eigenvalue weighted by molar-refractivity contribution is 6.14. The molecule has 298 valence electrons. The molecule has 0 spiro atoms. The van der Waals surface area contributed by atoms with Gasteiger partial charge in [-0.3, -0.25) is 0 Å². The SMILES string of the molecule is CC1CC=C(c2ccccc2N(c2ccc(-c3ccccc3)cc2)c2ccc(-c3ccccc3)cc2)C=C1c1cccc2c1c1ccccc1n2C1(C)C=c2ccccc2=CC1. The molecule has 0 N–H and O–H groups in total. The first kappa shape index (κ1) is 37.6. The standard InChI is InChI=1S/C60H48N2/c1-42-28-29-48(40-55(42)53-24-15-27-58-59(53)54-23-12-14-26-57(54)62(58)60(2)39-38-45-20-9-10-21-49(45)41-60)52-22-11-13-25-56(52)61(50-34-30-46(31-35-50)43-16-5-3-6-17-43)51-36-32-47(33-37-51)44-18-7-4-8-19-44/h3-27,29-38,40-42H,28,39H2,1-2H3.